The molecular formula is C21H36Cl2N6O2. The minimum atomic E-state index is -0.418. The fraction of sp³-hybridized carbons (Fsp3) is 0.667. The van der Waals surface area contributed by atoms with Crippen molar-refractivity contribution in [3.05, 3.63) is 37.4 Å². The van der Waals surface area contributed by atoms with Crippen molar-refractivity contribution in [2.45, 2.75) is 64.1 Å². The predicted octanol–water partition coefficient (Wildman–Crippen LogP) is 4.11. The van der Waals surface area contributed by atoms with E-state index < -0.39 is 5.60 Å². The zero-order valence-electron chi connectivity index (χ0n) is 18.6. The van der Waals surface area contributed by atoms with Crippen molar-refractivity contribution in [2.75, 3.05) is 26.2 Å². The van der Waals surface area contributed by atoms with Crippen molar-refractivity contribution in [2.24, 2.45) is 0 Å². The molecule has 4 heterocycles. The highest BCUT2D eigenvalue weighted by atomic mass is 35.5. The first-order valence-electron chi connectivity index (χ1n) is 10.6. The number of rotatable bonds is 2. The van der Waals surface area contributed by atoms with Gasteiger partial charge in [-0.1, -0.05) is 0 Å². The molecule has 2 aliphatic heterocycles. The third-order valence-electron chi connectivity index (χ3n) is 5.32. The van der Waals surface area contributed by atoms with Crippen LogP contribution in [0.4, 0.5) is 4.79 Å². The molecule has 4 rings (SSSR count). The molecular weight excluding hydrogens is 439 g/mol. The molecule has 2 saturated heterocycles. The summed E-state index contributed by atoms with van der Waals surface area (Å²) in [4.78, 5) is 21.8. The predicted molar refractivity (Wildman–Crippen MR) is 126 cm³/mol. The van der Waals surface area contributed by atoms with E-state index in [0.29, 0.717) is 12.1 Å². The van der Waals surface area contributed by atoms with Crippen LogP contribution in [0.25, 0.3) is 0 Å². The lowest BCUT2D eigenvalue weighted by molar-refractivity contribution is 0.0188. The van der Waals surface area contributed by atoms with Crippen molar-refractivity contribution in [1.29, 1.82) is 0 Å². The Morgan fingerprint density at radius 2 is 1.39 bits per heavy atom. The van der Waals surface area contributed by atoms with Crippen molar-refractivity contribution in [3.63, 3.8) is 0 Å². The quantitative estimate of drug-likeness (QED) is 0.708. The first-order valence-corrected chi connectivity index (χ1v) is 10.6. The number of carbonyl (C=O) groups is 1. The monoisotopic (exact) mass is 474 g/mol. The molecule has 2 aliphatic rings. The van der Waals surface area contributed by atoms with Gasteiger partial charge >= 0.3 is 6.09 Å². The van der Waals surface area contributed by atoms with E-state index in [1.54, 1.807) is 11.1 Å². The van der Waals surface area contributed by atoms with E-state index in [1.165, 1.54) is 12.8 Å². The number of piperidine rings is 2. The molecule has 8 nitrogen and oxygen atoms in total. The van der Waals surface area contributed by atoms with Gasteiger partial charge in [-0.15, -0.1) is 24.8 Å². The SMILES string of the molecule is CC(C)(C)OC(=O)N1CCC(n2ccnc2)CC1.Cl.Cl.c1cn(C2CCNCC2)cn1. The van der Waals surface area contributed by atoms with Crippen molar-refractivity contribution >= 4 is 30.9 Å². The number of amides is 1. The summed E-state index contributed by atoms with van der Waals surface area (Å²) < 4.78 is 9.70. The van der Waals surface area contributed by atoms with Crippen LogP contribution in [0.15, 0.2) is 37.4 Å². The van der Waals surface area contributed by atoms with Crippen molar-refractivity contribution in [1.82, 2.24) is 29.3 Å². The molecule has 1 N–H and O–H groups in total. The Bertz CT molecular complexity index is 720. The number of nitrogens with zero attached hydrogens (tertiary/aromatic N) is 5. The molecule has 2 aromatic heterocycles. The van der Waals surface area contributed by atoms with Gasteiger partial charge in [0.25, 0.3) is 0 Å². The average molecular weight is 475 g/mol. The number of likely N-dealkylation sites (tertiary alicyclic amines) is 1. The number of imidazole rings is 2. The van der Waals surface area contributed by atoms with Crippen LogP contribution in [0.3, 0.4) is 0 Å². The number of ether oxygens (including phenoxy) is 1. The van der Waals surface area contributed by atoms with E-state index in [2.05, 4.69) is 30.6 Å². The molecule has 1 amide bonds. The van der Waals surface area contributed by atoms with E-state index in [0.717, 1.165) is 39.0 Å². The molecule has 2 fully saturated rings. The van der Waals surface area contributed by atoms with Gasteiger partial charge in [-0.25, -0.2) is 14.8 Å². The Morgan fingerprint density at radius 3 is 1.81 bits per heavy atom. The second kappa shape index (κ2) is 12.9. The Hall–Kier alpha value is -1.77. The molecule has 2 aromatic rings. The maximum absolute atomic E-state index is 11.9. The maximum Gasteiger partial charge on any atom is 0.410 e. The number of aromatic nitrogens is 4. The number of carbonyl (C=O) groups excluding carboxylic acids is 1. The minimum Gasteiger partial charge on any atom is -0.444 e. The van der Waals surface area contributed by atoms with Crippen LogP contribution < -0.4 is 5.32 Å². The van der Waals surface area contributed by atoms with Gasteiger partial charge in [0.05, 0.1) is 12.7 Å². The van der Waals surface area contributed by atoms with E-state index >= 15 is 0 Å². The van der Waals surface area contributed by atoms with Crippen LogP contribution in [0.5, 0.6) is 0 Å². The van der Waals surface area contributed by atoms with Crippen LogP contribution >= 0.6 is 24.8 Å². The minimum absolute atomic E-state index is 0. The fourth-order valence-corrected chi connectivity index (χ4v) is 3.75. The molecule has 0 radical (unpaired) electrons. The highest BCUT2D eigenvalue weighted by Crippen LogP contribution is 2.23. The average Bonchev–Trinajstić information content (AvgIpc) is 3.42. The van der Waals surface area contributed by atoms with E-state index in [4.69, 9.17) is 4.74 Å². The number of halogens is 2. The second-order valence-corrected chi connectivity index (χ2v) is 8.70. The molecule has 176 valence electrons. The van der Waals surface area contributed by atoms with E-state index in [-0.39, 0.29) is 30.9 Å². The molecule has 10 heteroatoms. The number of nitrogens with one attached hydrogen (secondary N) is 1. The van der Waals surface area contributed by atoms with Gasteiger partial charge in [-0.05, 0) is 59.5 Å². The third-order valence-corrected chi connectivity index (χ3v) is 5.32. The Morgan fingerprint density at radius 1 is 0.903 bits per heavy atom. The first kappa shape index (κ1) is 27.3. The van der Waals surface area contributed by atoms with Gasteiger partial charge in [-0.3, -0.25) is 0 Å². The van der Waals surface area contributed by atoms with Gasteiger partial charge in [0.2, 0.25) is 0 Å². The molecule has 0 saturated carbocycles. The van der Waals surface area contributed by atoms with Crippen LogP contribution in [0, 0.1) is 0 Å². The molecule has 0 atom stereocenters. The summed E-state index contributed by atoms with van der Waals surface area (Å²) in [6.07, 6.45) is 15.6. The lowest BCUT2D eigenvalue weighted by Crippen LogP contribution is -2.42. The second-order valence-electron chi connectivity index (χ2n) is 8.70. The fourth-order valence-electron chi connectivity index (χ4n) is 3.75. The van der Waals surface area contributed by atoms with Crippen LogP contribution in [0.2, 0.25) is 0 Å². The summed E-state index contributed by atoms with van der Waals surface area (Å²) in [5, 5.41) is 3.34. The summed E-state index contributed by atoms with van der Waals surface area (Å²) >= 11 is 0. The smallest absolute Gasteiger partial charge is 0.410 e. The topological polar surface area (TPSA) is 77.2 Å². The van der Waals surface area contributed by atoms with Crippen molar-refractivity contribution < 1.29 is 9.53 Å². The molecule has 0 aromatic carbocycles. The zero-order chi connectivity index (χ0) is 20.7. The number of hydrogen-bond donors (Lipinski definition) is 1. The first-order chi connectivity index (χ1) is 13.9. The lowest BCUT2D eigenvalue weighted by Gasteiger charge is -2.33. The van der Waals surface area contributed by atoms with Crippen LogP contribution in [0.1, 0.15) is 58.5 Å². The summed E-state index contributed by atoms with van der Waals surface area (Å²) in [6.45, 7) is 9.45. The Balaban J connectivity index is 0.000000320. The lowest BCUT2D eigenvalue weighted by atomic mass is 10.1. The van der Waals surface area contributed by atoms with Gasteiger partial charge in [0.1, 0.15) is 5.60 Å². The normalized spacial score (nSPS) is 17.6. The van der Waals surface area contributed by atoms with Crippen LogP contribution in [-0.4, -0.2) is 61.9 Å². The van der Waals surface area contributed by atoms with Gasteiger partial charge in [0.15, 0.2) is 0 Å². The zero-order valence-corrected chi connectivity index (χ0v) is 20.3. The van der Waals surface area contributed by atoms with E-state index in [9.17, 15) is 4.79 Å². The molecule has 0 unspecified atom stereocenters. The summed E-state index contributed by atoms with van der Waals surface area (Å²) in [5.41, 5.74) is -0.418. The molecule has 0 bridgehead atoms. The Labute approximate surface area is 197 Å². The standard InChI is InChI=1S/C13H21N3O2.C8H13N3.2ClH/c1-13(2,3)18-12(17)15-7-4-11(5-8-15)16-9-6-14-10-16;1-3-9-4-2-8(1)11-6-5-10-7-11;;/h6,9-11H,4-5,7-8H2,1-3H3;5-9H,1-4H2;2*1H. The molecule has 0 aliphatic carbocycles. The van der Waals surface area contributed by atoms with Gasteiger partial charge in [0, 0.05) is 50.0 Å². The summed E-state index contributed by atoms with van der Waals surface area (Å²) in [5.74, 6) is 0. The summed E-state index contributed by atoms with van der Waals surface area (Å²) in [6, 6.07) is 1.13. The van der Waals surface area contributed by atoms with Crippen molar-refractivity contribution in [3.8, 4) is 0 Å². The van der Waals surface area contributed by atoms with Gasteiger partial charge < -0.3 is 24.1 Å². The summed E-state index contributed by atoms with van der Waals surface area (Å²) in [7, 11) is 0. The molecule has 31 heavy (non-hydrogen) atoms. The third kappa shape index (κ3) is 8.71. The number of hydrogen-bond acceptors (Lipinski definition) is 5. The maximum atomic E-state index is 11.9. The van der Waals surface area contributed by atoms with Gasteiger partial charge in [-0.2, -0.15) is 0 Å². The highest BCUT2D eigenvalue weighted by Gasteiger charge is 2.27. The largest absolute Gasteiger partial charge is 0.444 e. The van der Waals surface area contributed by atoms with E-state index in [1.807, 2.05) is 45.8 Å². The van der Waals surface area contributed by atoms with Crippen LogP contribution in [-0.2, 0) is 4.74 Å². The Kier molecular flexibility index (Phi) is 11.4. The molecule has 0 spiro atoms. The highest BCUT2D eigenvalue weighted by molar-refractivity contribution is 5.85.